The van der Waals surface area contributed by atoms with Crippen LogP contribution in [0.2, 0.25) is 0 Å². The van der Waals surface area contributed by atoms with Gasteiger partial charge < -0.3 is 19.1 Å². The Morgan fingerprint density at radius 1 is 0.886 bits per heavy atom. The molecule has 3 aromatic carbocycles. The van der Waals surface area contributed by atoms with Gasteiger partial charge in [-0.2, -0.15) is 0 Å². The fourth-order valence-electron chi connectivity index (χ4n) is 6.61. The number of amides is 1. The van der Waals surface area contributed by atoms with Gasteiger partial charge in [-0.1, -0.05) is 97.1 Å². The zero-order valence-electron chi connectivity index (χ0n) is 24.7. The molecule has 3 aromatic rings. The van der Waals surface area contributed by atoms with Crippen LogP contribution < -0.4 is 0 Å². The Morgan fingerprint density at radius 2 is 1.45 bits per heavy atom. The molecule has 0 aromatic heterocycles. The Kier molecular flexibility index (Phi) is 7.84. The highest BCUT2D eigenvalue weighted by Gasteiger charge is 2.76. The second-order valence-corrected chi connectivity index (χ2v) is 13.5. The van der Waals surface area contributed by atoms with Gasteiger partial charge in [0.1, 0.15) is 24.0 Å². The number of allylic oxidation sites excluding steroid dienone is 1. The van der Waals surface area contributed by atoms with Crippen molar-refractivity contribution in [1.29, 1.82) is 0 Å². The highest BCUT2D eigenvalue weighted by Crippen LogP contribution is 2.66. The quantitative estimate of drug-likeness (QED) is 0.194. The Labute approximate surface area is 260 Å². The van der Waals surface area contributed by atoms with Crippen LogP contribution in [0, 0.1) is 11.3 Å². The average molecular weight is 612 g/mol. The summed E-state index contributed by atoms with van der Waals surface area (Å²) in [6.07, 6.45) is 1.10. The first-order valence-electron chi connectivity index (χ1n) is 14.5. The molecule has 2 heterocycles. The van der Waals surface area contributed by atoms with E-state index in [1.807, 2.05) is 105 Å². The largest absolute Gasteiger partial charge is 0.469 e. The summed E-state index contributed by atoms with van der Waals surface area (Å²) in [4.78, 5) is 56.2. The summed E-state index contributed by atoms with van der Waals surface area (Å²) in [5.74, 6) is -3.41. The molecule has 2 aliphatic heterocycles. The molecule has 1 amide bonds. The Hall–Kier alpha value is -4.37. The molecule has 226 valence electrons. The summed E-state index contributed by atoms with van der Waals surface area (Å²) in [5.41, 5.74) is 1.27. The predicted molar refractivity (Wildman–Crippen MR) is 164 cm³/mol. The maximum absolute atomic E-state index is 14.2. The lowest BCUT2D eigenvalue weighted by Crippen LogP contribution is -2.71. The monoisotopic (exact) mass is 611 g/mol. The maximum Gasteiger partial charge on any atom is 0.334 e. The lowest BCUT2D eigenvalue weighted by atomic mass is 9.67. The number of ether oxygens (including phenoxy) is 3. The van der Waals surface area contributed by atoms with Crippen LogP contribution >= 0.6 is 11.8 Å². The smallest absolute Gasteiger partial charge is 0.334 e. The molecule has 44 heavy (non-hydrogen) atoms. The van der Waals surface area contributed by atoms with Crippen molar-refractivity contribution in [3.8, 4) is 0 Å². The van der Waals surface area contributed by atoms with Gasteiger partial charge in [-0.15, -0.1) is 11.8 Å². The van der Waals surface area contributed by atoms with E-state index in [1.165, 1.54) is 23.8 Å². The van der Waals surface area contributed by atoms with Crippen molar-refractivity contribution in [1.82, 2.24) is 4.90 Å². The molecule has 0 bridgehead atoms. The summed E-state index contributed by atoms with van der Waals surface area (Å²) in [6, 6.07) is 27.2. The second-order valence-electron chi connectivity index (χ2n) is 11.7. The highest BCUT2D eigenvalue weighted by molar-refractivity contribution is 8.01. The fraction of sp³-hybridized carbons (Fsp3) is 0.314. The van der Waals surface area contributed by atoms with Crippen LogP contribution in [0.4, 0.5) is 0 Å². The highest BCUT2D eigenvalue weighted by atomic mass is 32.2. The number of fused-ring (bicyclic) bond motifs is 2. The SMILES string of the molecule is COC(=O)[C@H]1C(C(=O)OCc2ccccc2)=CC[C@@]12C(=O)N1[C@@H](C(=O)OC(c3ccccc3)c3ccccc3)C(C)(C)S[C@@H]12. The molecule has 3 aliphatic rings. The van der Waals surface area contributed by atoms with Crippen LogP contribution in [-0.4, -0.2) is 52.0 Å². The summed E-state index contributed by atoms with van der Waals surface area (Å²) in [5, 5.41) is -0.547. The zero-order valence-corrected chi connectivity index (χ0v) is 25.5. The van der Waals surface area contributed by atoms with Gasteiger partial charge in [0.2, 0.25) is 5.91 Å². The molecule has 0 saturated carbocycles. The molecular weight excluding hydrogens is 578 g/mol. The van der Waals surface area contributed by atoms with Crippen LogP contribution in [0.25, 0.3) is 0 Å². The van der Waals surface area contributed by atoms with E-state index in [0.29, 0.717) is 0 Å². The number of methoxy groups -OCH3 is 1. The van der Waals surface area contributed by atoms with Crippen molar-refractivity contribution in [2.75, 3.05) is 7.11 Å². The van der Waals surface area contributed by atoms with Gasteiger partial charge in [-0.3, -0.25) is 9.59 Å². The zero-order chi connectivity index (χ0) is 31.1. The van der Waals surface area contributed by atoms with E-state index in [1.54, 1.807) is 6.08 Å². The van der Waals surface area contributed by atoms with Crippen LogP contribution in [0.15, 0.2) is 103 Å². The fourth-order valence-corrected chi connectivity index (χ4v) is 8.40. The molecule has 8 nitrogen and oxygen atoms in total. The van der Waals surface area contributed by atoms with Gasteiger partial charge in [0.05, 0.1) is 12.5 Å². The third kappa shape index (κ3) is 4.89. The minimum Gasteiger partial charge on any atom is -0.469 e. The van der Waals surface area contributed by atoms with E-state index >= 15 is 0 Å². The summed E-state index contributed by atoms with van der Waals surface area (Å²) >= 11 is 1.44. The number of hydrogen-bond donors (Lipinski definition) is 0. The first-order valence-corrected chi connectivity index (χ1v) is 15.4. The maximum atomic E-state index is 14.2. The molecule has 1 spiro atoms. The number of β-lactam (4-membered cyclic amide) rings is 1. The van der Waals surface area contributed by atoms with Crippen LogP contribution in [0.3, 0.4) is 0 Å². The van der Waals surface area contributed by atoms with Crippen LogP contribution in [0.5, 0.6) is 0 Å². The topological polar surface area (TPSA) is 99.2 Å². The van der Waals surface area contributed by atoms with Crippen molar-refractivity contribution in [3.63, 3.8) is 0 Å². The molecule has 9 heteroatoms. The molecule has 4 atom stereocenters. The number of benzene rings is 3. The number of nitrogens with zero attached hydrogens (tertiary/aromatic N) is 1. The molecule has 0 N–H and O–H groups in total. The van der Waals surface area contributed by atoms with Crippen molar-refractivity contribution < 1.29 is 33.4 Å². The normalized spacial score (nSPS) is 24.8. The molecule has 6 rings (SSSR count). The van der Waals surface area contributed by atoms with Crippen molar-refractivity contribution in [3.05, 3.63) is 119 Å². The standard InChI is InChI=1S/C35H33NO7S/c1-34(2)28(31(39)43-27(23-15-9-5-10-16-23)24-17-11-6-12-18-24)36-32(40)35(33(36)44-34)20-19-25(26(35)30(38)41-3)29(37)42-21-22-13-7-4-8-14-22/h4-19,26-28,33H,20-21H2,1-3H3/t26-,28+,33-,35+/m1/s1. The Morgan fingerprint density at radius 3 is 2.02 bits per heavy atom. The predicted octanol–water partition coefficient (Wildman–Crippen LogP) is 5.23. The van der Waals surface area contributed by atoms with Crippen LogP contribution in [0.1, 0.15) is 43.1 Å². The average Bonchev–Trinajstić information content (AvgIpc) is 3.59. The third-order valence-electron chi connectivity index (χ3n) is 8.71. The lowest BCUT2D eigenvalue weighted by Gasteiger charge is -2.54. The molecular formula is C35H33NO7S. The van der Waals surface area contributed by atoms with Gasteiger partial charge in [-0.25, -0.2) is 9.59 Å². The number of hydrogen-bond acceptors (Lipinski definition) is 8. The molecule has 1 aliphatic carbocycles. The van der Waals surface area contributed by atoms with Gasteiger partial charge in [0.25, 0.3) is 0 Å². The van der Waals surface area contributed by atoms with Crippen molar-refractivity contribution in [2.24, 2.45) is 11.3 Å². The van der Waals surface area contributed by atoms with Gasteiger partial charge in [0.15, 0.2) is 6.10 Å². The Balaban J connectivity index is 1.26. The number of thioether (sulfide) groups is 1. The van der Waals surface area contributed by atoms with Crippen molar-refractivity contribution in [2.45, 2.75) is 49.1 Å². The van der Waals surface area contributed by atoms with Gasteiger partial charge >= 0.3 is 17.9 Å². The van der Waals surface area contributed by atoms with E-state index in [9.17, 15) is 19.2 Å². The number of carbonyl (C=O) groups is 4. The Bertz CT molecular complexity index is 1570. The first kappa shape index (κ1) is 29.7. The van der Waals surface area contributed by atoms with E-state index in [0.717, 1.165) is 16.7 Å². The lowest BCUT2D eigenvalue weighted by molar-refractivity contribution is -0.185. The van der Waals surface area contributed by atoms with E-state index in [4.69, 9.17) is 14.2 Å². The summed E-state index contributed by atoms with van der Waals surface area (Å²) in [6.45, 7) is 3.82. The van der Waals surface area contributed by atoms with E-state index in [-0.39, 0.29) is 24.5 Å². The third-order valence-corrected chi connectivity index (χ3v) is 10.4. The first-order chi connectivity index (χ1) is 21.2. The molecule has 0 unspecified atom stereocenters. The molecule has 2 fully saturated rings. The summed E-state index contributed by atoms with van der Waals surface area (Å²) < 4.78 is 16.1. The molecule has 2 saturated heterocycles. The minimum absolute atomic E-state index is 0.0289. The van der Waals surface area contributed by atoms with Gasteiger partial charge in [-0.05, 0) is 37.0 Å². The summed E-state index contributed by atoms with van der Waals surface area (Å²) in [7, 11) is 1.24. The number of rotatable bonds is 8. The number of esters is 3. The van der Waals surface area contributed by atoms with Gasteiger partial charge in [0, 0.05) is 10.3 Å². The minimum atomic E-state index is -1.26. The van der Waals surface area contributed by atoms with Crippen molar-refractivity contribution >= 4 is 35.6 Å². The van der Waals surface area contributed by atoms with E-state index < -0.39 is 51.5 Å². The van der Waals surface area contributed by atoms with Crippen LogP contribution in [-0.2, 0) is 40.0 Å². The molecule has 0 radical (unpaired) electrons. The van der Waals surface area contributed by atoms with E-state index in [2.05, 4.69) is 0 Å². The number of carbonyl (C=O) groups excluding carboxylic acids is 4. The second kappa shape index (κ2) is 11.6.